The highest BCUT2D eigenvalue weighted by Gasteiger charge is 2.25. The Morgan fingerprint density at radius 3 is 3.05 bits per heavy atom. The molecule has 2 aliphatic heterocycles. The normalized spacial score (nSPS) is 20.8. The quantitative estimate of drug-likeness (QED) is 0.686. The van der Waals surface area contributed by atoms with E-state index in [4.69, 9.17) is 15.2 Å². The van der Waals surface area contributed by atoms with Gasteiger partial charge in [0.2, 0.25) is 5.91 Å². The summed E-state index contributed by atoms with van der Waals surface area (Å²) in [5, 5.41) is 5.44. The molecular weight excluding hydrogens is 262 g/mol. The molecule has 1 aromatic carbocycles. The molecule has 4 N–H and O–H groups in total. The van der Waals surface area contributed by atoms with Gasteiger partial charge in [0.15, 0.2) is 6.61 Å². The zero-order valence-corrected chi connectivity index (χ0v) is 10.8. The summed E-state index contributed by atoms with van der Waals surface area (Å²) in [6.07, 6.45) is 0.705. The molecule has 0 bridgehead atoms. The maximum absolute atomic E-state index is 12.0. The van der Waals surface area contributed by atoms with Crippen LogP contribution in [0.25, 0.3) is 0 Å². The van der Waals surface area contributed by atoms with Crippen molar-refractivity contribution in [3.63, 3.8) is 0 Å². The second-order valence-corrected chi connectivity index (χ2v) is 4.82. The molecule has 1 saturated heterocycles. The highest BCUT2D eigenvalue weighted by atomic mass is 16.5. The van der Waals surface area contributed by atoms with Gasteiger partial charge in [-0.3, -0.25) is 9.59 Å². The molecule has 0 aliphatic carbocycles. The van der Waals surface area contributed by atoms with Gasteiger partial charge in [-0.25, -0.2) is 0 Å². The van der Waals surface area contributed by atoms with Crippen molar-refractivity contribution in [3.05, 3.63) is 12.1 Å². The number of carbonyl (C=O) groups excluding carboxylic acids is 2. The Bertz CT molecular complexity index is 567. The smallest absolute Gasteiger partial charge is 0.262 e. The number of rotatable bonds is 2. The third kappa shape index (κ3) is 2.39. The number of fused-ring (bicyclic) bond motifs is 1. The number of benzene rings is 1. The SMILES string of the molecule is Nc1cc2c(cc1NC(=O)C1CCOC1)NC(=O)CO2. The van der Waals surface area contributed by atoms with Crippen molar-refractivity contribution < 1.29 is 19.1 Å². The van der Waals surface area contributed by atoms with Crippen molar-refractivity contribution in [2.45, 2.75) is 6.42 Å². The summed E-state index contributed by atoms with van der Waals surface area (Å²) in [5.74, 6) is -0.0125. The van der Waals surface area contributed by atoms with Gasteiger partial charge in [0, 0.05) is 12.7 Å². The first kappa shape index (κ1) is 12.7. The van der Waals surface area contributed by atoms with Crippen LogP contribution in [0, 0.1) is 5.92 Å². The zero-order valence-electron chi connectivity index (χ0n) is 10.8. The summed E-state index contributed by atoms with van der Waals surface area (Å²) < 4.78 is 10.4. The average Bonchev–Trinajstić information content (AvgIpc) is 2.94. The molecule has 1 atom stereocenters. The number of hydrogen-bond acceptors (Lipinski definition) is 5. The average molecular weight is 277 g/mol. The van der Waals surface area contributed by atoms with E-state index in [0.29, 0.717) is 42.4 Å². The molecule has 0 aromatic heterocycles. The van der Waals surface area contributed by atoms with Crippen molar-refractivity contribution in [2.75, 3.05) is 36.2 Å². The van der Waals surface area contributed by atoms with E-state index >= 15 is 0 Å². The Hall–Kier alpha value is -2.28. The van der Waals surface area contributed by atoms with Gasteiger partial charge >= 0.3 is 0 Å². The lowest BCUT2D eigenvalue weighted by atomic mass is 10.1. The zero-order chi connectivity index (χ0) is 14.1. The molecule has 0 radical (unpaired) electrons. The largest absolute Gasteiger partial charge is 0.482 e. The van der Waals surface area contributed by atoms with Crippen molar-refractivity contribution >= 4 is 28.9 Å². The first-order valence-electron chi connectivity index (χ1n) is 6.38. The van der Waals surface area contributed by atoms with Crippen LogP contribution in [-0.2, 0) is 14.3 Å². The molecular formula is C13H15N3O4. The number of ether oxygens (including phenoxy) is 2. The minimum Gasteiger partial charge on any atom is -0.482 e. The molecule has 2 heterocycles. The van der Waals surface area contributed by atoms with E-state index < -0.39 is 0 Å². The number of nitrogens with one attached hydrogen (secondary N) is 2. The Labute approximate surface area is 115 Å². The van der Waals surface area contributed by atoms with E-state index in [1.54, 1.807) is 12.1 Å². The van der Waals surface area contributed by atoms with Gasteiger partial charge in [-0.15, -0.1) is 0 Å². The van der Waals surface area contributed by atoms with Crippen molar-refractivity contribution in [3.8, 4) is 5.75 Å². The molecule has 1 fully saturated rings. The van der Waals surface area contributed by atoms with E-state index in [0.717, 1.165) is 0 Å². The summed E-state index contributed by atoms with van der Waals surface area (Å²) in [6.45, 7) is 0.996. The molecule has 0 spiro atoms. The molecule has 2 amide bonds. The molecule has 0 saturated carbocycles. The highest BCUT2D eigenvalue weighted by molar-refractivity contribution is 6.00. The number of nitrogen functional groups attached to an aromatic ring is 1. The molecule has 7 nitrogen and oxygen atoms in total. The highest BCUT2D eigenvalue weighted by Crippen LogP contribution is 2.35. The van der Waals surface area contributed by atoms with Crippen LogP contribution < -0.4 is 21.1 Å². The fourth-order valence-electron chi connectivity index (χ4n) is 2.23. The van der Waals surface area contributed by atoms with Gasteiger partial charge in [0.1, 0.15) is 5.75 Å². The Kier molecular flexibility index (Phi) is 3.19. The first-order chi connectivity index (χ1) is 9.63. The van der Waals surface area contributed by atoms with Gasteiger partial charge in [0.25, 0.3) is 5.91 Å². The summed E-state index contributed by atoms with van der Waals surface area (Å²) in [4.78, 5) is 23.3. The van der Waals surface area contributed by atoms with Crippen molar-refractivity contribution in [1.82, 2.24) is 0 Å². The second-order valence-electron chi connectivity index (χ2n) is 4.82. The van der Waals surface area contributed by atoms with Gasteiger partial charge in [-0.1, -0.05) is 0 Å². The Balaban J connectivity index is 1.80. The van der Waals surface area contributed by atoms with E-state index in [1.807, 2.05) is 0 Å². The summed E-state index contributed by atoms with van der Waals surface area (Å²) >= 11 is 0. The molecule has 106 valence electrons. The first-order valence-corrected chi connectivity index (χ1v) is 6.38. The van der Waals surface area contributed by atoms with Crippen molar-refractivity contribution in [2.24, 2.45) is 5.92 Å². The molecule has 2 aliphatic rings. The summed E-state index contributed by atoms with van der Waals surface area (Å²) in [5.41, 5.74) is 7.26. The third-order valence-electron chi connectivity index (χ3n) is 3.34. The second kappa shape index (κ2) is 5.01. The van der Waals surface area contributed by atoms with Gasteiger partial charge in [-0.05, 0) is 12.5 Å². The fourth-order valence-corrected chi connectivity index (χ4v) is 2.23. The van der Waals surface area contributed by atoms with E-state index in [-0.39, 0.29) is 24.3 Å². The van der Waals surface area contributed by atoms with Crippen LogP contribution >= 0.6 is 0 Å². The molecule has 3 rings (SSSR count). The van der Waals surface area contributed by atoms with Gasteiger partial charge in [-0.2, -0.15) is 0 Å². The van der Waals surface area contributed by atoms with Gasteiger partial charge < -0.3 is 25.8 Å². The van der Waals surface area contributed by atoms with Gasteiger partial charge in [0.05, 0.1) is 29.6 Å². The third-order valence-corrected chi connectivity index (χ3v) is 3.34. The monoisotopic (exact) mass is 277 g/mol. The van der Waals surface area contributed by atoms with E-state index in [2.05, 4.69) is 10.6 Å². The standard InChI is InChI=1S/C13H15N3O4/c14-8-3-11-10(15-12(17)6-20-11)4-9(8)16-13(18)7-1-2-19-5-7/h3-4,7H,1-2,5-6,14H2,(H,15,17)(H,16,18). The van der Waals surface area contributed by atoms with E-state index in [9.17, 15) is 9.59 Å². The molecule has 1 unspecified atom stereocenters. The number of hydrogen-bond donors (Lipinski definition) is 3. The maximum atomic E-state index is 12.0. The summed E-state index contributed by atoms with van der Waals surface area (Å²) in [7, 11) is 0. The lowest BCUT2D eigenvalue weighted by molar-refractivity contribution is -0.120. The van der Waals surface area contributed by atoms with Crippen LogP contribution in [0.2, 0.25) is 0 Å². The topological polar surface area (TPSA) is 103 Å². The van der Waals surface area contributed by atoms with Crippen LogP contribution in [0.4, 0.5) is 17.1 Å². The predicted octanol–water partition coefficient (Wildman–Crippen LogP) is 0.575. The molecule has 20 heavy (non-hydrogen) atoms. The predicted molar refractivity (Wildman–Crippen MR) is 72.5 cm³/mol. The lowest BCUT2D eigenvalue weighted by Crippen LogP contribution is -2.26. The van der Waals surface area contributed by atoms with Crippen LogP contribution in [0.15, 0.2) is 12.1 Å². The minimum atomic E-state index is -0.233. The van der Waals surface area contributed by atoms with Crippen LogP contribution in [0.5, 0.6) is 5.75 Å². The van der Waals surface area contributed by atoms with Crippen LogP contribution in [-0.4, -0.2) is 31.6 Å². The van der Waals surface area contributed by atoms with Crippen molar-refractivity contribution in [1.29, 1.82) is 0 Å². The lowest BCUT2D eigenvalue weighted by Gasteiger charge is -2.20. The summed E-state index contributed by atoms with van der Waals surface area (Å²) in [6, 6.07) is 3.20. The Morgan fingerprint density at radius 1 is 1.45 bits per heavy atom. The van der Waals surface area contributed by atoms with Crippen LogP contribution in [0.3, 0.4) is 0 Å². The van der Waals surface area contributed by atoms with E-state index in [1.165, 1.54) is 0 Å². The van der Waals surface area contributed by atoms with Crippen LogP contribution in [0.1, 0.15) is 6.42 Å². The molecule has 1 aromatic rings. The minimum absolute atomic E-state index is 0.0302. The fraction of sp³-hybridized carbons (Fsp3) is 0.385. The number of anilines is 3. The molecule has 7 heteroatoms. The number of nitrogens with two attached hydrogens (primary N) is 1. The number of amides is 2. The Morgan fingerprint density at radius 2 is 2.30 bits per heavy atom. The maximum Gasteiger partial charge on any atom is 0.262 e. The number of carbonyl (C=O) groups is 2.